The second-order valence-corrected chi connectivity index (χ2v) is 6.30. The summed E-state index contributed by atoms with van der Waals surface area (Å²) in [6.45, 7) is 10.3. The standard InChI is InChI=1S/C20H25NO2/c1-13(2)17-8-6-7-15(4)20(17)21-19(22)12-23-18-10-9-14(3)11-16(18)5/h6-11,13H,12H2,1-5H3,(H,21,22). The second kappa shape index (κ2) is 7.32. The van der Waals surface area contributed by atoms with Gasteiger partial charge in [-0.1, -0.05) is 49.7 Å². The summed E-state index contributed by atoms with van der Waals surface area (Å²) < 4.78 is 5.65. The van der Waals surface area contributed by atoms with Crippen molar-refractivity contribution >= 4 is 11.6 Å². The summed E-state index contributed by atoms with van der Waals surface area (Å²) in [7, 11) is 0. The largest absolute Gasteiger partial charge is 0.483 e. The molecule has 0 spiro atoms. The average molecular weight is 311 g/mol. The first-order chi connectivity index (χ1) is 10.9. The van der Waals surface area contributed by atoms with E-state index in [1.807, 2.05) is 51.1 Å². The molecule has 0 atom stereocenters. The summed E-state index contributed by atoms with van der Waals surface area (Å²) in [6, 6.07) is 12.0. The van der Waals surface area contributed by atoms with Crippen LogP contribution in [0.3, 0.4) is 0 Å². The Bertz CT molecular complexity index is 705. The van der Waals surface area contributed by atoms with Crippen LogP contribution >= 0.6 is 0 Å². The minimum absolute atomic E-state index is 0.00969. The number of rotatable bonds is 5. The molecule has 0 aliphatic carbocycles. The number of hydrogen-bond donors (Lipinski definition) is 1. The Hall–Kier alpha value is -2.29. The van der Waals surface area contributed by atoms with Gasteiger partial charge in [0.05, 0.1) is 0 Å². The summed E-state index contributed by atoms with van der Waals surface area (Å²) in [5.74, 6) is 0.964. The van der Waals surface area contributed by atoms with E-state index < -0.39 is 0 Å². The normalized spacial score (nSPS) is 10.7. The molecular weight excluding hydrogens is 286 g/mol. The molecule has 2 rings (SSSR count). The summed E-state index contributed by atoms with van der Waals surface area (Å²) in [6.07, 6.45) is 0. The van der Waals surface area contributed by atoms with Gasteiger partial charge in [-0.05, 0) is 49.4 Å². The first-order valence-electron chi connectivity index (χ1n) is 7.98. The molecule has 0 heterocycles. The third-order valence-electron chi connectivity index (χ3n) is 3.88. The molecule has 23 heavy (non-hydrogen) atoms. The third kappa shape index (κ3) is 4.35. The summed E-state index contributed by atoms with van der Waals surface area (Å²) in [5, 5.41) is 3.00. The number of para-hydroxylation sites is 1. The SMILES string of the molecule is Cc1ccc(OCC(=O)Nc2c(C)cccc2C(C)C)c(C)c1. The van der Waals surface area contributed by atoms with Gasteiger partial charge in [0.1, 0.15) is 5.75 Å². The van der Waals surface area contributed by atoms with Gasteiger partial charge in [-0.3, -0.25) is 4.79 Å². The van der Waals surface area contributed by atoms with Crippen LogP contribution in [0.5, 0.6) is 5.75 Å². The number of carbonyl (C=O) groups excluding carboxylic acids is 1. The number of aryl methyl sites for hydroxylation is 3. The van der Waals surface area contributed by atoms with Gasteiger partial charge in [-0.15, -0.1) is 0 Å². The molecule has 1 N–H and O–H groups in total. The van der Waals surface area contributed by atoms with Crippen LogP contribution in [0.1, 0.15) is 42.0 Å². The van der Waals surface area contributed by atoms with E-state index >= 15 is 0 Å². The number of benzene rings is 2. The van der Waals surface area contributed by atoms with Gasteiger partial charge in [0.25, 0.3) is 5.91 Å². The van der Waals surface area contributed by atoms with Crippen LogP contribution in [0.2, 0.25) is 0 Å². The first kappa shape index (κ1) is 17.1. The van der Waals surface area contributed by atoms with E-state index in [9.17, 15) is 4.79 Å². The van der Waals surface area contributed by atoms with E-state index in [1.165, 1.54) is 5.56 Å². The van der Waals surface area contributed by atoms with Gasteiger partial charge in [0.15, 0.2) is 6.61 Å². The summed E-state index contributed by atoms with van der Waals surface area (Å²) in [4.78, 5) is 12.3. The van der Waals surface area contributed by atoms with E-state index in [1.54, 1.807) is 0 Å². The molecule has 0 fully saturated rings. The molecule has 2 aromatic rings. The lowest BCUT2D eigenvalue weighted by molar-refractivity contribution is -0.118. The smallest absolute Gasteiger partial charge is 0.262 e. The Morgan fingerprint density at radius 1 is 1.09 bits per heavy atom. The van der Waals surface area contributed by atoms with Gasteiger partial charge >= 0.3 is 0 Å². The Morgan fingerprint density at radius 3 is 2.48 bits per heavy atom. The molecular formula is C20H25NO2. The van der Waals surface area contributed by atoms with E-state index in [2.05, 4.69) is 25.2 Å². The fraction of sp³-hybridized carbons (Fsp3) is 0.350. The van der Waals surface area contributed by atoms with Crippen LogP contribution in [0.4, 0.5) is 5.69 Å². The van der Waals surface area contributed by atoms with E-state index in [4.69, 9.17) is 4.74 Å². The van der Waals surface area contributed by atoms with Gasteiger partial charge < -0.3 is 10.1 Å². The van der Waals surface area contributed by atoms with Gasteiger partial charge in [-0.25, -0.2) is 0 Å². The highest BCUT2D eigenvalue weighted by Gasteiger charge is 2.12. The Balaban J connectivity index is 2.06. The number of nitrogens with one attached hydrogen (secondary N) is 1. The van der Waals surface area contributed by atoms with Gasteiger partial charge in [-0.2, -0.15) is 0 Å². The molecule has 0 bridgehead atoms. The molecule has 0 unspecified atom stereocenters. The lowest BCUT2D eigenvalue weighted by atomic mass is 9.98. The molecule has 0 aliphatic heterocycles. The van der Waals surface area contributed by atoms with E-state index in [0.717, 1.165) is 28.1 Å². The van der Waals surface area contributed by atoms with Crippen molar-refractivity contribution < 1.29 is 9.53 Å². The van der Waals surface area contributed by atoms with Crippen molar-refractivity contribution in [2.75, 3.05) is 11.9 Å². The molecule has 3 heteroatoms. The molecule has 0 saturated carbocycles. The zero-order valence-electron chi connectivity index (χ0n) is 14.6. The molecule has 0 saturated heterocycles. The van der Waals surface area contributed by atoms with Crippen molar-refractivity contribution in [3.63, 3.8) is 0 Å². The van der Waals surface area contributed by atoms with Gasteiger partial charge in [0.2, 0.25) is 0 Å². The van der Waals surface area contributed by atoms with Crippen molar-refractivity contribution in [3.8, 4) is 5.75 Å². The number of anilines is 1. The zero-order chi connectivity index (χ0) is 17.0. The van der Waals surface area contributed by atoms with Crippen LogP contribution in [-0.2, 0) is 4.79 Å². The van der Waals surface area contributed by atoms with Crippen molar-refractivity contribution in [1.29, 1.82) is 0 Å². The highest BCUT2D eigenvalue weighted by molar-refractivity contribution is 5.93. The Kier molecular flexibility index (Phi) is 5.43. The minimum atomic E-state index is -0.138. The second-order valence-electron chi connectivity index (χ2n) is 6.30. The molecule has 0 aromatic heterocycles. The number of carbonyl (C=O) groups is 1. The van der Waals surface area contributed by atoms with Crippen molar-refractivity contribution in [3.05, 3.63) is 58.7 Å². The molecule has 3 nitrogen and oxygen atoms in total. The Labute approximate surface area is 138 Å². The Morgan fingerprint density at radius 2 is 1.83 bits per heavy atom. The first-order valence-corrected chi connectivity index (χ1v) is 7.98. The number of hydrogen-bond acceptors (Lipinski definition) is 2. The topological polar surface area (TPSA) is 38.3 Å². The fourth-order valence-electron chi connectivity index (χ4n) is 2.62. The summed E-state index contributed by atoms with van der Waals surface area (Å²) >= 11 is 0. The molecule has 0 radical (unpaired) electrons. The highest BCUT2D eigenvalue weighted by atomic mass is 16.5. The monoisotopic (exact) mass is 311 g/mol. The molecule has 0 aliphatic rings. The maximum absolute atomic E-state index is 12.3. The van der Waals surface area contributed by atoms with E-state index in [0.29, 0.717) is 5.92 Å². The lowest BCUT2D eigenvalue weighted by Gasteiger charge is -2.17. The lowest BCUT2D eigenvalue weighted by Crippen LogP contribution is -2.22. The van der Waals surface area contributed by atoms with Crippen molar-refractivity contribution in [1.82, 2.24) is 0 Å². The summed E-state index contributed by atoms with van der Waals surface area (Å²) in [5.41, 5.74) is 5.33. The molecule has 122 valence electrons. The fourth-order valence-corrected chi connectivity index (χ4v) is 2.62. The van der Waals surface area contributed by atoms with Gasteiger partial charge in [0, 0.05) is 5.69 Å². The maximum Gasteiger partial charge on any atom is 0.262 e. The van der Waals surface area contributed by atoms with Crippen LogP contribution in [0.15, 0.2) is 36.4 Å². The van der Waals surface area contributed by atoms with Crippen LogP contribution < -0.4 is 10.1 Å². The van der Waals surface area contributed by atoms with Crippen LogP contribution in [0, 0.1) is 20.8 Å². The quantitative estimate of drug-likeness (QED) is 0.865. The van der Waals surface area contributed by atoms with Crippen molar-refractivity contribution in [2.24, 2.45) is 0 Å². The van der Waals surface area contributed by atoms with E-state index in [-0.39, 0.29) is 12.5 Å². The molecule has 2 aromatic carbocycles. The zero-order valence-corrected chi connectivity index (χ0v) is 14.6. The minimum Gasteiger partial charge on any atom is -0.483 e. The predicted molar refractivity (Wildman–Crippen MR) is 95.3 cm³/mol. The number of amides is 1. The van der Waals surface area contributed by atoms with Crippen molar-refractivity contribution in [2.45, 2.75) is 40.5 Å². The molecule has 1 amide bonds. The third-order valence-corrected chi connectivity index (χ3v) is 3.88. The van der Waals surface area contributed by atoms with Crippen LogP contribution in [-0.4, -0.2) is 12.5 Å². The number of ether oxygens (including phenoxy) is 1. The highest BCUT2D eigenvalue weighted by Crippen LogP contribution is 2.27. The predicted octanol–water partition coefficient (Wildman–Crippen LogP) is 4.75. The average Bonchev–Trinajstić information content (AvgIpc) is 2.48. The maximum atomic E-state index is 12.3. The van der Waals surface area contributed by atoms with Crippen LogP contribution in [0.25, 0.3) is 0 Å².